The van der Waals surface area contributed by atoms with Gasteiger partial charge in [0.15, 0.2) is 11.9 Å². The Labute approximate surface area is 196 Å². The molecule has 0 amide bonds. The molecule has 0 aromatic carbocycles. The highest BCUT2D eigenvalue weighted by Crippen LogP contribution is 2.68. The third kappa shape index (κ3) is 4.20. The average molecular weight is 445 g/mol. The normalized spacial score (nSPS) is 44.5. The predicted octanol–water partition coefficient (Wildman–Crippen LogP) is 7.22. The van der Waals surface area contributed by atoms with Crippen LogP contribution in [0.25, 0.3) is 0 Å². The minimum Gasteiger partial charge on any atom is -0.455 e. The Morgan fingerprint density at radius 1 is 1.00 bits per heavy atom. The van der Waals surface area contributed by atoms with Crippen LogP contribution in [0.3, 0.4) is 0 Å². The van der Waals surface area contributed by atoms with Gasteiger partial charge in [0.1, 0.15) is 0 Å². The topological polar surface area (TPSA) is 43.4 Å². The first-order valence-corrected chi connectivity index (χ1v) is 13.8. The Morgan fingerprint density at radius 3 is 2.41 bits per heavy atom. The van der Waals surface area contributed by atoms with E-state index in [0.717, 1.165) is 36.0 Å². The van der Waals surface area contributed by atoms with Crippen molar-refractivity contribution in [1.82, 2.24) is 0 Å². The molecule has 0 spiro atoms. The number of rotatable bonds is 6. The van der Waals surface area contributed by atoms with Crippen LogP contribution >= 0.6 is 0 Å². The van der Waals surface area contributed by atoms with Crippen molar-refractivity contribution in [3.05, 3.63) is 0 Å². The van der Waals surface area contributed by atoms with E-state index in [4.69, 9.17) is 4.74 Å². The monoisotopic (exact) mass is 444 g/mol. The van der Waals surface area contributed by atoms with Gasteiger partial charge in [-0.2, -0.15) is 0 Å². The molecule has 0 heterocycles. The molecular formula is C29H48O3. The van der Waals surface area contributed by atoms with E-state index in [0.29, 0.717) is 23.7 Å². The van der Waals surface area contributed by atoms with Crippen LogP contribution in [0, 0.1) is 52.3 Å². The van der Waals surface area contributed by atoms with Crippen LogP contribution in [0.2, 0.25) is 0 Å². The van der Waals surface area contributed by atoms with Crippen LogP contribution in [0.15, 0.2) is 0 Å². The van der Waals surface area contributed by atoms with Gasteiger partial charge in [0.25, 0.3) is 0 Å². The molecule has 3 nitrogen and oxygen atoms in total. The molecule has 0 aliphatic heterocycles. The van der Waals surface area contributed by atoms with Crippen molar-refractivity contribution in [2.75, 3.05) is 0 Å². The largest absolute Gasteiger partial charge is 0.455 e. The van der Waals surface area contributed by atoms with Gasteiger partial charge < -0.3 is 4.74 Å². The number of Topliss-reactive ketones (excluding diaryl/α,β-unsaturated/α-hetero) is 1. The van der Waals surface area contributed by atoms with Gasteiger partial charge in [-0.1, -0.05) is 53.9 Å². The van der Waals surface area contributed by atoms with Gasteiger partial charge in [-0.05, 0) is 97.2 Å². The SMILES string of the molecule is CC(=O)OC1CC2(C)C3CCC4(C)C(CCC4[C@H](C)CCCC(C)C)C3CC[C@H]2CC1=O. The molecule has 0 radical (unpaired) electrons. The second-order valence-corrected chi connectivity index (χ2v) is 13.2. The number of esters is 1. The van der Waals surface area contributed by atoms with Crippen molar-refractivity contribution in [2.45, 2.75) is 118 Å². The summed E-state index contributed by atoms with van der Waals surface area (Å²) >= 11 is 0. The maximum absolute atomic E-state index is 12.7. The molecule has 0 aromatic heterocycles. The summed E-state index contributed by atoms with van der Waals surface area (Å²) in [7, 11) is 0. The molecule has 4 aliphatic carbocycles. The molecule has 4 fully saturated rings. The number of ether oxygens (including phenoxy) is 1. The Kier molecular flexibility index (Phi) is 6.87. The second-order valence-electron chi connectivity index (χ2n) is 13.2. The average Bonchev–Trinajstić information content (AvgIpc) is 3.05. The van der Waals surface area contributed by atoms with Gasteiger partial charge in [-0.15, -0.1) is 0 Å². The zero-order valence-corrected chi connectivity index (χ0v) is 21.6. The molecule has 3 heteroatoms. The van der Waals surface area contributed by atoms with Gasteiger partial charge >= 0.3 is 5.97 Å². The molecule has 7 unspecified atom stereocenters. The van der Waals surface area contributed by atoms with E-state index in [2.05, 4.69) is 34.6 Å². The van der Waals surface area contributed by atoms with Crippen molar-refractivity contribution in [3.63, 3.8) is 0 Å². The summed E-state index contributed by atoms with van der Waals surface area (Å²) in [6.45, 7) is 13.8. The van der Waals surface area contributed by atoms with Crippen LogP contribution in [0.1, 0.15) is 112 Å². The minimum absolute atomic E-state index is 0.152. The van der Waals surface area contributed by atoms with Crippen molar-refractivity contribution >= 4 is 11.8 Å². The quantitative estimate of drug-likeness (QED) is 0.406. The fraction of sp³-hybridized carbons (Fsp3) is 0.931. The van der Waals surface area contributed by atoms with E-state index in [1.54, 1.807) is 0 Å². The van der Waals surface area contributed by atoms with Gasteiger partial charge in [-0.25, -0.2) is 0 Å². The Hall–Kier alpha value is -0.860. The van der Waals surface area contributed by atoms with Crippen LogP contribution in [-0.2, 0) is 14.3 Å². The third-order valence-corrected chi connectivity index (χ3v) is 11.0. The standard InChI is InChI=1S/C29H48O3/c1-18(2)8-7-9-19(3)23-12-13-24-22-11-10-21-16-26(31)27(32-20(4)30)17-29(21,6)25(22)14-15-28(23,24)5/h18-19,21-25,27H,7-17H2,1-6H3/t19-,21+,22?,23?,24?,25?,27?,28?,29?/m1/s1. The van der Waals surface area contributed by atoms with Crippen LogP contribution in [0.5, 0.6) is 0 Å². The lowest BCUT2D eigenvalue weighted by Crippen LogP contribution is -2.56. The van der Waals surface area contributed by atoms with Crippen molar-refractivity contribution in [3.8, 4) is 0 Å². The van der Waals surface area contributed by atoms with E-state index >= 15 is 0 Å². The summed E-state index contributed by atoms with van der Waals surface area (Å²) in [5, 5.41) is 0. The number of carbonyl (C=O) groups excluding carboxylic acids is 2. The molecule has 0 saturated heterocycles. The minimum atomic E-state index is -0.502. The molecule has 0 aromatic rings. The van der Waals surface area contributed by atoms with Crippen molar-refractivity contribution in [2.24, 2.45) is 52.3 Å². The highest BCUT2D eigenvalue weighted by molar-refractivity contribution is 5.86. The first-order chi connectivity index (χ1) is 15.1. The smallest absolute Gasteiger partial charge is 0.303 e. The lowest BCUT2D eigenvalue weighted by Gasteiger charge is -2.61. The highest BCUT2D eigenvalue weighted by Gasteiger charge is 2.61. The molecule has 4 saturated carbocycles. The van der Waals surface area contributed by atoms with Gasteiger partial charge in [0, 0.05) is 13.3 Å². The molecule has 182 valence electrons. The van der Waals surface area contributed by atoms with E-state index in [1.165, 1.54) is 64.7 Å². The van der Waals surface area contributed by atoms with Crippen molar-refractivity contribution in [1.29, 1.82) is 0 Å². The van der Waals surface area contributed by atoms with Crippen molar-refractivity contribution < 1.29 is 14.3 Å². The zero-order valence-electron chi connectivity index (χ0n) is 21.6. The lowest BCUT2D eigenvalue weighted by molar-refractivity contribution is -0.171. The number of carbonyl (C=O) groups is 2. The van der Waals surface area contributed by atoms with E-state index in [-0.39, 0.29) is 17.2 Å². The third-order valence-electron chi connectivity index (χ3n) is 11.0. The molecule has 32 heavy (non-hydrogen) atoms. The molecule has 4 rings (SSSR count). The summed E-state index contributed by atoms with van der Waals surface area (Å²) in [6.07, 6.45) is 13.0. The van der Waals surface area contributed by atoms with Crippen LogP contribution in [0.4, 0.5) is 0 Å². The second kappa shape index (κ2) is 9.06. The molecular weight excluding hydrogens is 396 g/mol. The number of ketones is 1. The van der Waals surface area contributed by atoms with E-state index in [1.807, 2.05) is 0 Å². The number of hydrogen-bond donors (Lipinski definition) is 0. The number of hydrogen-bond acceptors (Lipinski definition) is 3. The maximum atomic E-state index is 12.7. The summed E-state index contributed by atoms with van der Waals surface area (Å²) in [4.78, 5) is 24.3. The number of fused-ring (bicyclic) bond motifs is 5. The van der Waals surface area contributed by atoms with Gasteiger partial charge in [0.05, 0.1) is 0 Å². The van der Waals surface area contributed by atoms with Crippen LogP contribution in [-0.4, -0.2) is 17.9 Å². The van der Waals surface area contributed by atoms with Crippen LogP contribution < -0.4 is 0 Å². The Balaban J connectivity index is 1.49. The fourth-order valence-electron chi connectivity index (χ4n) is 9.41. The first-order valence-electron chi connectivity index (χ1n) is 13.8. The van der Waals surface area contributed by atoms with E-state index < -0.39 is 6.10 Å². The summed E-state index contributed by atoms with van der Waals surface area (Å²) in [6, 6.07) is 0. The van der Waals surface area contributed by atoms with Gasteiger partial charge in [0.2, 0.25) is 0 Å². The lowest BCUT2D eigenvalue weighted by atomic mass is 9.44. The predicted molar refractivity (Wildman–Crippen MR) is 129 cm³/mol. The zero-order chi connectivity index (χ0) is 23.3. The Bertz CT molecular complexity index is 713. The molecule has 9 atom stereocenters. The van der Waals surface area contributed by atoms with E-state index in [9.17, 15) is 9.59 Å². The summed E-state index contributed by atoms with van der Waals surface area (Å²) < 4.78 is 5.52. The molecule has 0 N–H and O–H groups in total. The molecule has 0 bridgehead atoms. The highest BCUT2D eigenvalue weighted by atomic mass is 16.5. The maximum Gasteiger partial charge on any atom is 0.303 e. The summed E-state index contributed by atoms with van der Waals surface area (Å²) in [5.74, 6) is 5.23. The fourth-order valence-corrected chi connectivity index (χ4v) is 9.41. The Morgan fingerprint density at radius 2 is 1.72 bits per heavy atom. The molecule has 4 aliphatic rings. The van der Waals surface area contributed by atoms with Gasteiger partial charge in [-0.3, -0.25) is 9.59 Å². The summed E-state index contributed by atoms with van der Waals surface area (Å²) in [5.41, 5.74) is 0.653. The first kappa shape index (κ1) is 24.3.